The van der Waals surface area contributed by atoms with Crippen LogP contribution in [0.5, 0.6) is 0 Å². The lowest BCUT2D eigenvalue weighted by atomic mass is 9.75. The van der Waals surface area contributed by atoms with Gasteiger partial charge < -0.3 is 10.2 Å². The maximum atomic E-state index is 10.6. The van der Waals surface area contributed by atoms with Crippen LogP contribution in [-0.2, 0) is 4.79 Å². The van der Waals surface area contributed by atoms with Crippen molar-refractivity contribution in [2.24, 2.45) is 11.8 Å². The number of carboxylic acid groups (broad SMARTS) is 1. The minimum Gasteiger partial charge on any atom is -0.481 e. The Morgan fingerprint density at radius 2 is 1.88 bits per heavy atom. The zero-order valence-corrected chi connectivity index (χ0v) is 16.1. The summed E-state index contributed by atoms with van der Waals surface area (Å²) in [4.78, 5) is 10.6. The minimum atomic E-state index is -0.708. The molecule has 4 heteroatoms. The molecular formula is C22H30O3S. The van der Waals surface area contributed by atoms with Gasteiger partial charge in [-0.25, -0.2) is 0 Å². The van der Waals surface area contributed by atoms with Crippen LogP contribution in [0.25, 0.3) is 0 Å². The molecule has 0 amide bonds. The Labute approximate surface area is 160 Å². The predicted molar refractivity (Wildman–Crippen MR) is 107 cm³/mol. The van der Waals surface area contributed by atoms with Gasteiger partial charge in [0.05, 0.1) is 6.10 Å². The Morgan fingerprint density at radius 3 is 2.62 bits per heavy atom. The molecule has 1 aromatic rings. The first-order chi connectivity index (χ1) is 12.6. The normalized spacial score (nSPS) is 28.7. The average molecular weight is 375 g/mol. The van der Waals surface area contributed by atoms with Crippen LogP contribution >= 0.6 is 11.8 Å². The van der Waals surface area contributed by atoms with Gasteiger partial charge in [-0.1, -0.05) is 42.5 Å². The maximum absolute atomic E-state index is 10.6. The first kappa shape index (κ1) is 19.5. The van der Waals surface area contributed by atoms with Crippen LogP contribution in [0.1, 0.15) is 63.0 Å². The summed E-state index contributed by atoms with van der Waals surface area (Å²) in [5.74, 6) is 0.721. The van der Waals surface area contributed by atoms with Crippen LogP contribution in [0.15, 0.2) is 42.5 Å². The smallest absolute Gasteiger partial charge is 0.303 e. The lowest BCUT2D eigenvalue weighted by molar-refractivity contribution is -0.137. The Balaban J connectivity index is 1.47. The summed E-state index contributed by atoms with van der Waals surface area (Å²) in [6, 6.07) is 9.99. The third-order valence-electron chi connectivity index (χ3n) is 5.88. The number of carboxylic acids is 1. The highest BCUT2D eigenvalue weighted by Gasteiger charge is 2.47. The van der Waals surface area contributed by atoms with Crippen molar-refractivity contribution in [1.29, 1.82) is 0 Å². The first-order valence-electron chi connectivity index (χ1n) is 9.90. The largest absolute Gasteiger partial charge is 0.481 e. The van der Waals surface area contributed by atoms with Crippen LogP contribution in [0.3, 0.4) is 0 Å². The number of aliphatic hydroxyl groups excluding tert-OH is 1. The molecule has 2 heterocycles. The molecule has 3 nitrogen and oxygen atoms in total. The molecule has 0 spiro atoms. The molecule has 2 aliphatic rings. The molecule has 1 unspecified atom stereocenters. The quantitative estimate of drug-likeness (QED) is 0.436. The molecule has 2 aliphatic heterocycles. The molecular weight excluding hydrogens is 344 g/mol. The topological polar surface area (TPSA) is 57.5 Å². The highest BCUT2D eigenvalue weighted by atomic mass is 32.2. The second-order valence-corrected chi connectivity index (χ2v) is 9.10. The number of benzene rings is 1. The van der Waals surface area contributed by atoms with Gasteiger partial charge >= 0.3 is 5.97 Å². The fraction of sp³-hybridized carbons (Fsp3) is 0.591. The van der Waals surface area contributed by atoms with E-state index in [0.29, 0.717) is 5.92 Å². The summed E-state index contributed by atoms with van der Waals surface area (Å²) >= 11 is 2.17. The molecule has 0 saturated carbocycles. The fourth-order valence-electron chi connectivity index (χ4n) is 4.53. The second-order valence-electron chi connectivity index (χ2n) is 7.61. The van der Waals surface area contributed by atoms with Crippen molar-refractivity contribution < 1.29 is 15.0 Å². The number of aliphatic carboxylic acids is 1. The van der Waals surface area contributed by atoms with Crippen LogP contribution in [0, 0.1) is 11.8 Å². The molecule has 2 bridgehead atoms. The Kier molecular flexibility index (Phi) is 7.21. The van der Waals surface area contributed by atoms with Crippen molar-refractivity contribution in [2.75, 3.05) is 0 Å². The molecule has 5 atom stereocenters. The SMILES string of the molecule is O=C(O)CCC/C=C\C[C@H]1[C@@H](CCC(O)c2ccccc2)[C@H]2CC[C@@H]1S2. The van der Waals surface area contributed by atoms with Crippen molar-refractivity contribution in [1.82, 2.24) is 0 Å². The highest BCUT2D eigenvalue weighted by molar-refractivity contribution is 8.01. The molecule has 0 radical (unpaired) electrons. The van der Waals surface area contributed by atoms with E-state index in [-0.39, 0.29) is 12.5 Å². The second kappa shape index (κ2) is 9.61. The third kappa shape index (κ3) is 5.14. The lowest BCUT2D eigenvalue weighted by Crippen LogP contribution is -2.27. The summed E-state index contributed by atoms with van der Waals surface area (Å²) in [7, 11) is 0. The van der Waals surface area contributed by atoms with Gasteiger partial charge in [-0.05, 0) is 62.3 Å². The molecule has 142 valence electrons. The molecule has 1 aromatic carbocycles. The lowest BCUT2D eigenvalue weighted by Gasteiger charge is -2.29. The number of rotatable bonds is 10. The molecule has 2 saturated heterocycles. The van der Waals surface area contributed by atoms with Crippen molar-refractivity contribution in [3.05, 3.63) is 48.0 Å². The minimum absolute atomic E-state index is 0.258. The zero-order chi connectivity index (χ0) is 18.4. The Hall–Kier alpha value is -1.26. The summed E-state index contributed by atoms with van der Waals surface area (Å²) < 4.78 is 0. The van der Waals surface area contributed by atoms with Crippen LogP contribution in [-0.4, -0.2) is 26.7 Å². The molecule has 2 N–H and O–H groups in total. The van der Waals surface area contributed by atoms with Crippen molar-refractivity contribution in [3.8, 4) is 0 Å². The summed E-state index contributed by atoms with van der Waals surface area (Å²) in [5.41, 5.74) is 1.03. The molecule has 0 aromatic heterocycles. The number of carbonyl (C=O) groups is 1. The van der Waals surface area contributed by atoms with E-state index in [1.807, 2.05) is 30.3 Å². The number of fused-ring (bicyclic) bond motifs is 2. The van der Waals surface area contributed by atoms with Gasteiger partial charge in [-0.15, -0.1) is 0 Å². The van der Waals surface area contributed by atoms with Gasteiger partial charge in [0.2, 0.25) is 0 Å². The van der Waals surface area contributed by atoms with Crippen LogP contribution < -0.4 is 0 Å². The van der Waals surface area contributed by atoms with Gasteiger partial charge in [0.15, 0.2) is 0 Å². The molecule has 2 fully saturated rings. The van der Waals surface area contributed by atoms with E-state index in [4.69, 9.17) is 5.11 Å². The monoisotopic (exact) mass is 374 g/mol. The predicted octanol–water partition coefficient (Wildman–Crippen LogP) is 5.21. The number of hydrogen-bond acceptors (Lipinski definition) is 3. The standard InChI is InChI=1S/C22H30O3S/c23-19(16-8-4-3-5-9-16)13-12-18-17(20-14-15-21(18)26-20)10-6-1-2-7-11-22(24)25/h1,3-6,8-9,17-21,23H,2,7,10-15H2,(H,24,25)/b6-1-/t17-,18+,19?,20-,21+/m0/s1. The van der Waals surface area contributed by atoms with E-state index >= 15 is 0 Å². The van der Waals surface area contributed by atoms with E-state index in [0.717, 1.165) is 54.1 Å². The van der Waals surface area contributed by atoms with Crippen molar-refractivity contribution >= 4 is 17.7 Å². The van der Waals surface area contributed by atoms with E-state index in [1.165, 1.54) is 12.8 Å². The zero-order valence-electron chi connectivity index (χ0n) is 15.3. The van der Waals surface area contributed by atoms with Crippen LogP contribution in [0.2, 0.25) is 0 Å². The van der Waals surface area contributed by atoms with E-state index < -0.39 is 5.97 Å². The third-order valence-corrected chi connectivity index (χ3v) is 7.75. The Bertz CT molecular complexity index is 601. The summed E-state index contributed by atoms with van der Waals surface area (Å²) in [6.07, 6.45) is 11.6. The number of unbranched alkanes of at least 4 members (excludes halogenated alkanes) is 1. The molecule has 26 heavy (non-hydrogen) atoms. The number of aliphatic hydroxyl groups is 1. The van der Waals surface area contributed by atoms with Gasteiger partial charge in [-0.2, -0.15) is 11.8 Å². The number of hydrogen-bond donors (Lipinski definition) is 2. The molecule has 3 rings (SSSR count). The number of allylic oxidation sites excluding steroid dienone is 2. The molecule has 0 aliphatic carbocycles. The van der Waals surface area contributed by atoms with Gasteiger partial charge in [0, 0.05) is 16.9 Å². The Morgan fingerprint density at radius 1 is 1.15 bits per heavy atom. The van der Waals surface area contributed by atoms with Gasteiger partial charge in [0.1, 0.15) is 0 Å². The number of thioether (sulfide) groups is 1. The summed E-state index contributed by atoms with van der Waals surface area (Å²) in [5, 5.41) is 20.7. The van der Waals surface area contributed by atoms with Crippen LogP contribution in [0.4, 0.5) is 0 Å². The van der Waals surface area contributed by atoms with Crippen molar-refractivity contribution in [2.45, 2.75) is 68.0 Å². The first-order valence-corrected chi connectivity index (χ1v) is 10.8. The van der Waals surface area contributed by atoms with E-state index in [2.05, 4.69) is 23.9 Å². The van der Waals surface area contributed by atoms with E-state index in [1.54, 1.807) is 0 Å². The summed E-state index contributed by atoms with van der Waals surface area (Å²) in [6.45, 7) is 0. The maximum Gasteiger partial charge on any atom is 0.303 e. The average Bonchev–Trinajstić information content (AvgIpc) is 3.24. The van der Waals surface area contributed by atoms with Gasteiger partial charge in [0.25, 0.3) is 0 Å². The van der Waals surface area contributed by atoms with Gasteiger partial charge in [-0.3, -0.25) is 4.79 Å². The fourth-order valence-corrected chi connectivity index (χ4v) is 6.58. The highest BCUT2D eigenvalue weighted by Crippen LogP contribution is 2.56. The van der Waals surface area contributed by atoms with E-state index in [9.17, 15) is 9.90 Å². The van der Waals surface area contributed by atoms with Crippen molar-refractivity contribution in [3.63, 3.8) is 0 Å².